The number of urea groups is 1. The van der Waals surface area contributed by atoms with E-state index in [2.05, 4.69) is 5.32 Å². The average Bonchev–Trinajstić information content (AvgIpc) is 3.40. The van der Waals surface area contributed by atoms with Crippen molar-refractivity contribution >= 4 is 12.0 Å². The fraction of sp³-hybridized carbons (Fsp3) is 0.579. The smallest absolute Gasteiger partial charge is 0.317 e. The zero-order chi connectivity index (χ0) is 19.4. The van der Waals surface area contributed by atoms with Crippen LogP contribution in [0, 0.1) is 5.82 Å². The van der Waals surface area contributed by atoms with Crippen LogP contribution in [0.4, 0.5) is 9.18 Å². The maximum absolute atomic E-state index is 13.5. The molecule has 1 heterocycles. The fourth-order valence-electron chi connectivity index (χ4n) is 3.55. The fourth-order valence-corrected chi connectivity index (χ4v) is 3.55. The molecule has 1 saturated carbocycles. The SMILES string of the molecule is CN(CC(=O)O)CC1CN(C(=O)NCC2(c3cccc(F)c3)CC2)CCO1. The number of carbonyl (C=O) groups excluding carboxylic acids is 1. The Hall–Kier alpha value is -2.19. The molecule has 0 radical (unpaired) electrons. The number of hydrogen-bond donors (Lipinski definition) is 2. The minimum absolute atomic E-state index is 0.0673. The maximum atomic E-state index is 13.5. The van der Waals surface area contributed by atoms with Gasteiger partial charge in [-0.1, -0.05) is 12.1 Å². The van der Waals surface area contributed by atoms with Crippen molar-refractivity contribution in [1.82, 2.24) is 15.1 Å². The van der Waals surface area contributed by atoms with Crippen LogP contribution in [0.2, 0.25) is 0 Å². The molecule has 1 aromatic carbocycles. The van der Waals surface area contributed by atoms with Crippen molar-refractivity contribution in [2.45, 2.75) is 24.4 Å². The Morgan fingerprint density at radius 1 is 1.44 bits per heavy atom. The van der Waals surface area contributed by atoms with Crippen molar-refractivity contribution < 1.29 is 23.8 Å². The summed E-state index contributed by atoms with van der Waals surface area (Å²) in [6, 6.07) is 6.42. The molecule has 0 spiro atoms. The summed E-state index contributed by atoms with van der Waals surface area (Å²) < 4.78 is 19.1. The van der Waals surface area contributed by atoms with Crippen LogP contribution in [0.1, 0.15) is 18.4 Å². The Morgan fingerprint density at radius 2 is 2.22 bits per heavy atom. The maximum Gasteiger partial charge on any atom is 0.317 e. The summed E-state index contributed by atoms with van der Waals surface area (Å²) in [7, 11) is 1.71. The monoisotopic (exact) mass is 379 g/mol. The molecule has 1 atom stereocenters. The highest BCUT2D eigenvalue weighted by molar-refractivity contribution is 5.74. The number of carboxylic acids is 1. The molecule has 7 nitrogen and oxygen atoms in total. The minimum Gasteiger partial charge on any atom is -0.480 e. The molecule has 1 aromatic rings. The molecule has 0 bridgehead atoms. The van der Waals surface area contributed by atoms with E-state index in [4.69, 9.17) is 9.84 Å². The Morgan fingerprint density at radius 3 is 2.89 bits per heavy atom. The third-order valence-corrected chi connectivity index (χ3v) is 5.22. The number of likely N-dealkylation sites (N-methyl/N-ethyl adjacent to an activating group) is 1. The van der Waals surface area contributed by atoms with Crippen molar-refractivity contribution in [1.29, 1.82) is 0 Å². The van der Waals surface area contributed by atoms with Crippen molar-refractivity contribution in [3.63, 3.8) is 0 Å². The number of morpholine rings is 1. The lowest BCUT2D eigenvalue weighted by molar-refractivity contribution is -0.138. The van der Waals surface area contributed by atoms with Gasteiger partial charge in [-0.15, -0.1) is 0 Å². The average molecular weight is 379 g/mol. The van der Waals surface area contributed by atoms with E-state index in [0.717, 1.165) is 18.4 Å². The van der Waals surface area contributed by atoms with E-state index in [9.17, 15) is 14.0 Å². The number of carboxylic acid groups (broad SMARTS) is 1. The summed E-state index contributed by atoms with van der Waals surface area (Å²) in [4.78, 5) is 26.7. The summed E-state index contributed by atoms with van der Waals surface area (Å²) in [5, 5.41) is 11.8. The van der Waals surface area contributed by atoms with Crippen LogP contribution in [-0.2, 0) is 14.9 Å². The molecule has 27 heavy (non-hydrogen) atoms. The van der Waals surface area contributed by atoms with Crippen LogP contribution in [-0.4, -0.2) is 79.4 Å². The van der Waals surface area contributed by atoms with Gasteiger partial charge < -0.3 is 20.1 Å². The van der Waals surface area contributed by atoms with Crippen molar-refractivity contribution in [3.05, 3.63) is 35.6 Å². The number of carbonyl (C=O) groups is 2. The molecule has 2 amide bonds. The Labute approximate surface area is 158 Å². The normalized spacial score (nSPS) is 21.1. The predicted molar refractivity (Wildman–Crippen MR) is 97.2 cm³/mol. The highest BCUT2D eigenvalue weighted by atomic mass is 19.1. The van der Waals surface area contributed by atoms with Crippen LogP contribution in [0.15, 0.2) is 24.3 Å². The van der Waals surface area contributed by atoms with Gasteiger partial charge in [-0.2, -0.15) is 0 Å². The Bertz CT molecular complexity index is 695. The number of benzene rings is 1. The summed E-state index contributed by atoms with van der Waals surface area (Å²) in [5.74, 6) is -1.15. The third kappa shape index (κ3) is 5.17. The zero-order valence-corrected chi connectivity index (χ0v) is 15.5. The molecular formula is C19H26FN3O4. The molecule has 0 aromatic heterocycles. The molecule has 1 aliphatic heterocycles. The van der Waals surface area contributed by atoms with Crippen molar-refractivity contribution in [2.75, 3.05) is 46.4 Å². The molecule has 1 unspecified atom stereocenters. The number of nitrogens with one attached hydrogen (secondary N) is 1. The van der Waals surface area contributed by atoms with Gasteiger partial charge >= 0.3 is 12.0 Å². The topological polar surface area (TPSA) is 82.1 Å². The first-order valence-corrected chi connectivity index (χ1v) is 9.19. The minimum atomic E-state index is -0.894. The number of ether oxygens (including phenoxy) is 1. The number of halogens is 1. The predicted octanol–water partition coefficient (Wildman–Crippen LogP) is 1.28. The lowest BCUT2D eigenvalue weighted by Gasteiger charge is -2.35. The van der Waals surface area contributed by atoms with Crippen LogP contribution >= 0.6 is 0 Å². The van der Waals surface area contributed by atoms with Crippen LogP contribution < -0.4 is 5.32 Å². The molecule has 2 aliphatic rings. The lowest BCUT2D eigenvalue weighted by atomic mass is 9.96. The van der Waals surface area contributed by atoms with Gasteiger partial charge in [0.2, 0.25) is 0 Å². The van der Waals surface area contributed by atoms with Crippen LogP contribution in [0.25, 0.3) is 0 Å². The number of nitrogens with zero attached hydrogens (tertiary/aromatic N) is 2. The van der Waals surface area contributed by atoms with Gasteiger partial charge in [-0.3, -0.25) is 9.69 Å². The first kappa shape index (κ1) is 19.6. The second-order valence-electron chi connectivity index (χ2n) is 7.48. The van der Waals surface area contributed by atoms with E-state index in [0.29, 0.717) is 32.8 Å². The molecular weight excluding hydrogens is 353 g/mol. The summed E-state index contributed by atoms with van der Waals surface area (Å²) in [5.41, 5.74) is 0.767. The summed E-state index contributed by atoms with van der Waals surface area (Å²) in [6.07, 6.45) is 1.65. The van der Waals surface area contributed by atoms with Crippen molar-refractivity contribution in [2.24, 2.45) is 0 Å². The van der Waals surface area contributed by atoms with Gasteiger partial charge in [0.15, 0.2) is 0 Å². The number of hydrogen-bond acceptors (Lipinski definition) is 4. The number of aliphatic carboxylic acids is 1. The van der Waals surface area contributed by atoms with Crippen LogP contribution in [0.5, 0.6) is 0 Å². The molecule has 3 rings (SSSR count). The number of rotatable bonds is 7. The molecule has 1 aliphatic carbocycles. The molecule has 2 N–H and O–H groups in total. The van der Waals surface area contributed by atoms with Gasteiger partial charge in [-0.25, -0.2) is 9.18 Å². The highest BCUT2D eigenvalue weighted by Gasteiger charge is 2.44. The summed E-state index contributed by atoms with van der Waals surface area (Å²) in [6.45, 7) is 2.20. The zero-order valence-electron chi connectivity index (χ0n) is 15.5. The second kappa shape index (κ2) is 8.22. The second-order valence-corrected chi connectivity index (χ2v) is 7.48. The first-order chi connectivity index (χ1) is 12.9. The van der Waals surface area contributed by atoms with E-state index in [1.165, 1.54) is 6.07 Å². The molecule has 8 heteroatoms. The Kier molecular flexibility index (Phi) is 5.96. The van der Waals surface area contributed by atoms with E-state index in [-0.39, 0.29) is 29.9 Å². The largest absolute Gasteiger partial charge is 0.480 e. The van der Waals surface area contributed by atoms with Gasteiger partial charge in [0.05, 0.1) is 19.3 Å². The van der Waals surface area contributed by atoms with Gasteiger partial charge in [0, 0.05) is 31.6 Å². The molecule has 148 valence electrons. The first-order valence-electron chi connectivity index (χ1n) is 9.19. The van der Waals surface area contributed by atoms with Crippen molar-refractivity contribution in [3.8, 4) is 0 Å². The van der Waals surface area contributed by atoms with Gasteiger partial charge in [-0.05, 0) is 37.6 Å². The quantitative estimate of drug-likeness (QED) is 0.746. The Balaban J connectivity index is 1.50. The van der Waals surface area contributed by atoms with E-state index >= 15 is 0 Å². The molecule has 2 fully saturated rings. The van der Waals surface area contributed by atoms with E-state index in [1.54, 1.807) is 29.0 Å². The van der Waals surface area contributed by atoms with Gasteiger partial charge in [0.25, 0.3) is 0 Å². The summed E-state index contributed by atoms with van der Waals surface area (Å²) >= 11 is 0. The third-order valence-electron chi connectivity index (χ3n) is 5.22. The molecule has 1 saturated heterocycles. The highest BCUT2D eigenvalue weighted by Crippen LogP contribution is 2.47. The van der Waals surface area contributed by atoms with E-state index < -0.39 is 5.97 Å². The lowest BCUT2D eigenvalue weighted by Crippen LogP contribution is -2.53. The van der Waals surface area contributed by atoms with Gasteiger partial charge in [0.1, 0.15) is 5.82 Å². The van der Waals surface area contributed by atoms with Crippen LogP contribution in [0.3, 0.4) is 0 Å². The van der Waals surface area contributed by atoms with E-state index in [1.807, 2.05) is 6.07 Å². The standard InChI is InChI=1S/C19H26FN3O4/c1-22(12-17(24)25)10-16-11-23(7-8-27-16)18(26)21-13-19(5-6-19)14-3-2-4-15(20)9-14/h2-4,9,16H,5-8,10-13H2,1H3,(H,21,26)(H,24,25). The number of amides is 2.